The third kappa shape index (κ3) is 5.65. The Hall–Kier alpha value is -2.30. The van der Waals surface area contributed by atoms with Crippen molar-refractivity contribution in [3.63, 3.8) is 0 Å². The number of aromatic nitrogens is 1. The third-order valence-corrected chi connectivity index (χ3v) is 6.64. The Morgan fingerprint density at radius 3 is 2.43 bits per heavy atom. The number of halogens is 2. The summed E-state index contributed by atoms with van der Waals surface area (Å²) in [5.74, 6) is -1.60. The molecule has 0 spiro atoms. The lowest BCUT2D eigenvalue weighted by Gasteiger charge is -2.37. The minimum Gasteiger partial charge on any atom is -0.369 e. The second kappa shape index (κ2) is 9.67. The SMILES string of the molecule is CCN1CCN(C(C)CNc2ccc(S(=O)(=O)Nc3ccc(F)c(F)c3)cn2)CC1. The van der Waals surface area contributed by atoms with E-state index in [0.717, 1.165) is 50.9 Å². The molecule has 1 aliphatic heterocycles. The summed E-state index contributed by atoms with van der Waals surface area (Å²) < 4.78 is 53.4. The summed E-state index contributed by atoms with van der Waals surface area (Å²) in [4.78, 5) is 8.94. The molecule has 1 aromatic heterocycles. The van der Waals surface area contributed by atoms with Crippen LogP contribution in [0.5, 0.6) is 0 Å². The fourth-order valence-corrected chi connectivity index (χ4v) is 4.31. The number of benzene rings is 1. The van der Waals surface area contributed by atoms with Crippen LogP contribution in [0.3, 0.4) is 0 Å². The molecule has 0 aliphatic carbocycles. The molecular formula is C20H27F2N5O2S. The van der Waals surface area contributed by atoms with E-state index >= 15 is 0 Å². The van der Waals surface area contributed by atoms with Gasteiger partial charge in [-0.1, -0.05) is 6.92 Å². The van der Waals surface area contributed by atoms with Gasteiger partial charge < -0.3 is 10.2 Å². The van der Waals surface area contributed by atoms with Crippen LogP contribution >= 0.6 is 0 Å². The van der Waals surface area contributed by atoms with Crippen LogP contribution in [0.15, 0.2) is 41.4 Å². The maximum absolute atomic E-state index is 13.3. The first-order valence-electron chi connectivity index (χ1n) is 9.92. The molecule has 1 saturated heterocycles. The van der Waals surface area contributed by atoms with Gasteiger partial charge in [0.25, 0.3) is 10.0 Å². The van der Waals surface area contributed by atoms with Crippen LogP contribution in [-0.4, -0.2) is 68.5 Å². The number of rotatable bonds is 8. The summed E-state index contributed by atoms with van der Waals surface area (Å²) in [5, 5.41) is 3.24. The average molecular weight is 440 g/mol. The van der Waals surface area contributed by atoms with Gasteiger partial charge in [0.1, 0.15) is 10.7 Å². The highest BCUT2D eigenvalue weighted by atomic mass is 32.2. The van der Waals surface area contributed by atoms with E-state index in [1.807, 2.05) is 0 Å². The van der Waals surface area contributed by atoms with Gasteiger partial charge in [0, 0.05) is 51.0 Å². The smallest absolute Gasteiger partial charge is 0.263 e. The Morgan fingerprint density at radius 2 is 1.83 bits per heavy atom. The highest BCUT2D eigenvalue weighted by Gasteiger charge is 2.20. The zero-order chi connectivity index (χ0) is 21.7. The maximum Gasteiger partial charge on any atom is 0.263 e. The zero-order valence-electron chi connectivity index (χ0n) is 17.1. The molecule has 10 heteroatoms. The van der Waals surface area contributed by atoms with E-state index in [4.69, 9.17) is 0 Å². The van der Waals surface area contributed by atoms with E-state index in [2.05, 4.69) is 38.7 Å². The van der Waals surface area contributed by atoms with Crippen LogP contribution in [0.25, 0.3) is 0 Å². The number of anilines is 2. The number of pyridine rings is 1. The molecule has 0 bridgehead atoms. The lowest BCUT2D eigenvalue weighted by atomic mass is 10.2. The predicted molar refractivity (Wildman–Crippen MR) is 113 cm³/mol. The molecule has 164 valence electrons. The highest BCUT2D eigenvalue weighted by Crippen LogP contribution is 2.19. The number of likely N-dealkylation sites (N-methyl/N-ethyl adjacent to an activating group) is 1. The van der Waals surface area contributed by atoms with Crippen molar-refractivity contribution < 1.29 is 17.2 Å². The van der Waals surface area contributed by atoms with Gasteiger partial charge >= 0.3 is 0 Å². The fraction of sp³-hybridized carbons (Fsp3) is 0.450. The normalized spacial score (nSPS) is 16.9. The van der Waals surface area contributed by atoms with Crippen molar-refractivity contribution in [3.8, 4) is 0 Å². The summed E-state index contributed by atoms with van der Waals surface area (Å²) >= 11 is 0. The molecule has 3 rings (SSSR count). The van der Waals surface area contributed by atoms with Crippen molar-refractivity contribution in [2.75, 3.05) is 49.3 Å². The van der Waals surface area contributed by atoms with E-state index in [1.165, 1.54) is 12.3 Å². The molecule has 1 aliphatic rings. The van der Waals surface area contributed by atoms with Crippen LogP contribution in [0.4, 0.5) is 20.3 Å². The Morgan fingerprint density at radius 1 is 1.10 bits per heavy atom. The lowest BCUT2D eigenvalue weighted by Crippen LogP contribution is -2.51. The van der Waals surface area contributed by atoms with Gasteiger partial charge in [-0.05, 0) is 37.7 Å². The van der Waals surface area contributed by atoms with E-state index in [1.54, 1.807) is 6.07 Å². The Kier molecular flexibility index (Phi) is 7.22. The number of hydrogen-bond donors (Lipinski definition) is 2. The van der Waals surface area contributed by atoms with Crippen molar-refractivity contribution in [1.82, 2.24) is 14.8 Å². The number of nitrogens with zero attached hydrogens (tertiary/aromatic N) is 3. The minimum atomic E-state index is -3.96. The summed E-state index contributed by atoms with van der Waals surface area (Å²) in [6, 6.07) is 6.13. The van der Waals surface area contributed by atoms with Gasteiger partial charge in [-0.25, -0.2) is 22.2 Å². The van der Waals surface area contributed by atoms with Crippen molar-refractivity contribution in [2.24, 2.45) is 0 Å². The number of nitrogens with one attached hydrogen (secondary N) is 2. The Labute approximate surface area is 176 Å². The van der Waals surface area contributed by atoms with E-state index < -0.39 is 21.7 Å². The summed E-state index contributed by atoms with van der Waals surface area (Å²) in [5.41, 5.74) is -0.0619. The highest BCUT2D eigenvalue weighted by molar-refractivity contribution is 7.92. The predicted octanol–water partition coefficient (Wildman–Crippen LogP) is 2.60. The monoisotopic (exact) mass is 439 g/mol. The van der Waals surface area contributed by atoms with Crippen molar-refractivity contribution in [1.29, 1.82) is 0 Å². The Bertz CT molecular complexity index is 948. The topological polar surface area (TPSA) is 77.6 Å². The van der Waals surface area contributed by atoms with Crippen molar-refractivity contribution in [3.05, 3.63) is 48.2 Å². The van der Waals surface area contributed by atoms with Gasteiger partial charge in [-0.2, -0.15) is 0 Å². The van der Waals surface area contributed by atoms with Crippen LogP contribution < -0.4 is 10.0 Å². The molecule has 2 aromatic rings. The quantitative estimate of drug-likeness (QED) is 0.659. The first-order valence-corrected chi connectivity index (χ1v) is 11.4. The first-order chi connectivity index (χ1) is 14.3. The molecule has 7 nitrogen and oxygen atoms in total. The van der Waals surface area contributed by atoms with E-state index in [0.29, 0.717) is 18.4 Å². The molecule has 1 fully saturated rings. The van der Waals surface area contributed by atoms with Gasteiger partial charge in [0.2, 0.25) is 0 Å². The largest absolute Gasteiger partial charge is 0.369 e. The molecule has 0 saturated carbocycles. The third-order valence-electron chi connectivity index (χ3n) is 5.27. The molecule has 1 unspecified atom stereocenters. The molecular weight excluding hydrogens is 412 g/mol. The van der Waals surface area contributed by atoms with E-state index in [-0.39, 0.29) is 10.6 Å². The van der Waals surface area contributed by atoms with Crippen LogP contribution in [0, 0.1) is 11.6 Å². The van der Waals surface area contributed by atoms with Crippen LogP contribution in [0.1, 0.15) is 13.8 Å². The average Bonchev–Trinajstić information content (AvgIpc) is 2.75. The molecule has 30 heavy (non-hydrogen) atoms. The Balaban J connectivity index is 1.55. The van der Waals surface area contributed by atoms with Gasteiger partial charge in [-0.15, -0.1) is 0 Å². The first kappa shape index (κ1) is 22.4. The van der Waals surface area contributed by atoms with E-state index in [9.17, 15) is 17.2 Å². The molecule has 2 heterocycles. The van der Waals surface area contributed by atoms with Gasteiger partial charge in [-0.3, -0.25) is 9.62 Å². The fourth-order valence-electron chi connectivity index (χ4n) is 3.32. The van der Waals surface area contributed by atoms with Gasteiger partial charge in [0.05, 0.1) is 5.69 Å². The number of piperazine rings is 1. The standard InChI is InChI=1S/C20H27F2N5O2S/c1-3-26-8-10-27(11-9-26)15(2)13-23-20-7-5-17(14-24-20)30(28,29)25-16-4-6-18(21)19(22)12-16/h4-7,12,14-15,25H,3,8-11,13H2,1-2H3,(H,23,24). The molecule has 1 atom stereocenters. The molecule has 0 radical (unpaired) electrons. The zero-order valence-corrected chi connectivity index (χ0v) is 17.9. The summed E-state index contributed by atoms with van der Waals surface area (Å²) in [7, 11) is -3.96. The molecule has 1 aromatic carbocycles. The summed E-state index contributed by atoms with van der Waals surface area (Å²) in [6.45, 7) is 10.3. The molecule has 0 amide bonds. The van der Waals surface area contributed by atoms with Crippen LogP contribution in [-0.2, 0) is 10.0 Å². The second-order valence-electron chi connectivity index (χ2n) is 7.31. The maximum atomic E-state index is 13.3. The van der Waals surface area contributed by atoms with Crippen molar-refractivity contribution in [2.45, 2.75) is 24.8 Å². The van der Waals surface area contributed by atoms with Crippen molar-refractivity contribution >= 4 is 21.5 Å². The number of hydrogen-bond acceptors (Lipinski definition) is 6. The second-order valence-corrected chi connectivity index (χ2v) is 9.00. The van der Waals surface area contributed by atoms with Gasteiger partial charge in [0.15, 0.2) is 11.6 Å². The number of sulfonamides is 1. The molecule has 2 N–H and O–H groups in total. The summed E-state index contributed by atoms with van der Waals surface area (Å²) in [6.07, 6.45) is 1.23. The lowest BCUT2D eigenvalue weighted by molar-refractivity contribution is 0.110. The van der Waals surface area contributed by atoms with Crippen LogP contribution in [0.2, 0.25) is 0 Å². The minimum absolute atomic E-state index is 0.0619.